The summed E-state index contributed by atoms with van der Waals surface area (Å²) in [6, 6.07) is 0. The Kier molecular flexibility index (Phi) is 5.07. The van der Waals surface area contributed by atoms with Crippen molar-refractivity contribution in [3.63, 3.8) is 0 Å². The molecule has 0 unspecified atom stereocenters. The van der Waals surface area contributed by atoms with Crippen LogP contribution in [0.5, 0.6) is 0 Å². The van der Waals surface area contributed by atoms with Gasteiger partial charge in [-0.25, -0.2) is 0 Å². The van der Waals surface area contributed by atoms with E-state index < -0.39 is 0 Å². The van der Waals surface area contributed by atoms with E-state index in [4.69, 9.17) is 0 Å². The summed E-state index contributed by atoms with van der Waals surface area (Å²) < 4.78 is 2.83. The zero-order valence-electron chi connectivity index (χ0n) is 8.90. The maximum absolute atomic E-state index is 11.5. The highest BCUT2D eigenvalue weighted by Crippen LogP contribution is 2.35. The molecule has 0 aliphatic carbocycles. The summed E-state index contributed by atoms with van der Waals surface area (Å²) in [5.74, 6) is 0.107. The molecule has 0 saturated carbocycles. The largest absolute Gasteiger partial charge is 0.298 e. The summed E-state index contributed by atoms with van der Waals surface area (Å²) in [5.41, 5.74) is -0.284. The van der Waals surface area contributed by atoms with Crippen LogP contribution in [0.25, 0.3) is 0 Å². The van der Waals surface area contributed by atoms with E-state index in [0.717, 1.165) is 6.42 Å². The molecule has 0 atom stereocenters. The van der Waals surface area contributed by atoms with E-state index >= 15 is 0 Å². The Balaban J connectivity index is 4.41. The molecule has 0 aromatic rings. The van der Waals surface area contributed by atoms with Crippen molar-refractivity contribution >= 4 is 40.5 Å². The van der Waals surface area contributed by atoms with Crippen LogP contribution in [-0.2, 0) is 4.79 Å². The molecule has 1 amide bonds. The van der Waals surface area contributed by atoms with Crippen molar-refractivity contribution in [2.45, 2.75) is 38.9 Å². The Morgan fingerprint density at radius 1 is 1.38 bits per heavy atom. The molecule has 1 N–H and O–H groups in total. The number of carbonyl (C=O) groups excluding carboxylic acids is 1. The maximum Gasteiger partial charge on any atom is 0.234 e. The third-order valence-corrected chi connectivity index (χ3v) is 3.86. The van der Waals surface area contributed by atoms with Gasteiger partial charge in [-0.2, -0.15) is 11.8 Å². The van der Waals surface area contributed by atoms with Gasteiger partial charge in [-0.15, -0.1) is 0 Å². The molecule has 4 heteroatoms. The van der Waals surface area contributed by atoms with Crippen LogP contribution in [-0.4, -0.2) is 16.9 Å². The SMILES string of the molecule is CSC(C)(C)CC(C)(C)C(=O)NI. The van der Waals surface area contributed by atoms with Crippen LogP contribution in [0.3, 0.4) is 0 Å². The molecular weight excluding hydrogens is 297 g/mol. The summed E-state index contributed by atoms with van der Waals surface area (Å²) >= 11 is 3.70. The highest BCUT2D eigenvalue weighted by Gasteiger charge is 2.33. The predicted molar refractivity (Wildman–Crippen MR) is 68.2 cm³/mol. The average Bonchev–Trinajstić information content (AvgIpc) is 2.01. The van der Waals surface area contributed by atoms with Gasteiger partial charge in [-0.05, 0) is 12.7 Å². The van der Waals surface area contributed by atoms with Crippen LogP contribution in [0.1, 0.15) is 34.1 Å². The minimum atomic E-state index is -0.284. The molecule has 0 spiro atoms. The number of thioether (sulfide) groups is 1. The second-order valence-electron chi connectivity index (χ2n) is 4.45. The molecule has 0 rings (SSSR count). The molecule has 0 aromatic heterocycles. The average molecular weight is 315 g/mol. The molecule has 0 saturated heterocycles. The first-order valence-corrected chi connectivity index (χ1v) is 6.52. The summed E-state index contributed by atoms with van der Waals surface area (Å²) in [7, 11) is 0. The van der Waals surface area contributed by atoms with E-state index in [-0.39, 0.29) is 16.1 Å². The van der Waals surface area contributed by atoms with E-state index in [0.29, 0.717) is 0 Å². The van der Waals surface area contributed by atoms with Crippen LogP contribution < -0.4 is 3.53 Å². The third-order valence-electron chi connectivity index (χ3n) is 2.12. The second-order valence-corrected chi connectivity index (χ2v) is 6.50. The molecule has 0 aliphatic heterocycles. The number of hydrogen-bond acceptors (Lipinski definition) is 2. The van der Waals surface area contributed by atoms with Crippen molar-refractivity contribution in [2.75, 3.05) is 6.26 Å². The minimum Gasteiger partial charge on any atom is -0.298 e. The Morgan fingerprint density at radius 3 is 2.15 bits per heavy atom. The molecule has 0 aromatic carbocycles. The van der Waals surface area contributed by atoms with E-state index in [9.17, 15) is 4.79 Å². The number of hydrogen-bond donors (Lipinski definition) is 1. The normalized spacial score (nSPS) is 12.8. The summed E-state index contributed by atoms with van der Waals surface area (Å²) in [5, 5.41) is 0. The van der Waals surface area contributed by atoms with Gasteiger partial charge >= 0.3 is 0 Å². The number of rotatable bonds is 4. The molecule has 0 radical (unpaired) electrons. The van der Waals surface area contributed by atoms with Crippen LogP contribution in [0, 0.1) is 5.41 Å². The summed E-state index contributed by atoms with van der Waals surface area (Å²) in [4.78, 5) is 11.5. The molecule has 0 bridgehead atoms. The van der Waals surface area contributed by atoms with Gasteiger partial charge in [0.25, 0.3) is 0 Å². The number of nitrogens with one attached hydrogen (secondary N) is 1. The van der Waals surface area contributed by atoms with E-state index in [1.807, 2.05) is 36.7 Å². The fourth-order valence-corrected chi connectivity index (χ4v) is 2.58. The molecule has 13 heavy (non-hydrogen) atoms. The van der Waals surface area contributed by atoms with E-state index in [1.54, 1.807) is 11.8 Å². The number of carbonyl (C=O) groups is 1. The molecule has 0 fully saturated rings. The van der Waals surface area contributed by atoms with Crippen LogP contribution in [0.2, 0.25) is 0 Å². The standard InChI is InChI=1S/C9H18INOS/c1-8(2,7(12)11-10)6-9(3,4)13-5/h6H2,1-5H3,(H,11,12). The van der Waals surface area contributed by atoms with Crippen molar-refractivity contribution in [1.82, 2.24) is 3.53 Å². The first-order valence-electron chi connectivity index (χ1n) is 4.21. The quantitative estimate of drug-likeness (QED) is 0.638. The molecule has 2 nitrogen and oxygen atoms in total. The van der Waals surface area contributed by atoms with Crippen molar-refractivity contribution in [3.05, 3.63) is 0 Å². The Labute approximate surface area is 99.1 Å². The Bertz CT molecular complexity index is 192. The predicted octanol–water partition coefficient (Wildman–Crippen LogP) is 3.01. The lowest BCUT2D eigenvalue weighted by atomic mass is 9.83. The summed E-state index contributed by atoms with van der Waals surface area (Å²) in [6.07, 6.45) is 2.97. The lowest BCUT2D eigenvalue weighted by molar-refractivity contribution is -0.127. The third kappa shape index (κ3) is 4.54. The molecule has 78 valence electrons. The lowest BCUT2D eigenvalue weighted by Crippen LogP contribution is -2.36. The molecule has 0 heterocycles. The van der Waals surface area contributed by atoms with Gasteiger partial charge in [0.1, 0.15) is 0 Å². The Morgan fingerprint density at radius 2 is 1.85 bits per heavy atom. The monoisotopic (exact) mass is 315 g/mol. The maximum atomic E-state index is 11.5. The zero-order chi connectivity index (χ0) is 10.7. The van der Waals surface area contributed by atoms with E-state index in [2.05, 4.69) is 23.6 Å². The number of halogens is 1. The Hall–Kier alpha value is 0.550. The van der Waals surface area contributed by atoms with E-state index in [1.165, 1.54) is 0 Å². The highest BCUT2D eigenvalue weighted by atomic mass is 127. The van der Waals surface area contributed by atoms with Crippen molar-refractivity contribution < 1.29 is 4.79 Å². The summed E-state index contributed by atoms with van der Waals surface area (Å²) in [6.45, 7) is 8.30. The lowest BCUT2D eigenvalue weighted by Gasteiger charge is -2.31. The molecular formula is C9H18INOS. The zero-order valence-corrected chi connectivity index (χ0v) is 11.9. The first-order chi connectivity index (χ1) is 5.75. The van der Waals surface area contributed by atoms with Gasteiger partial charge in [0.2, 0.25) is 5.91 Å². The first kappa shape index (κ1) is 13.5. The van der Waals surface area contributed by atoms with Gasteiger partial charge in [-0.3, -0.25) is 8.32 Å². The van der Waals surface area contributed by atoms with Crippen molar-refractivity contribution in [3.8, 4) is 0 Å². The minimum absolute atomic E-state index is 0.107. The van der Waals surface area contributed by atoms with Crippen LogP contribution in [0.4, 0.5) is 0 Å². The van der Waals surface area contributed by atoms with Gasteiger partial charge in [-0.1, -0.05) is 27.7 Å². The van der Waals surface area contributed by atoms with Crippen molar-refractivity contribution in [2.24, 2.45) is 5.41 Å². The highest BCUT2D eigenvalue weighted by molar-refractivity contribution is 14.1. The number of amides is 1. The fraction of sp³-hybridized carbons (Fsp3) is 0.889. The molecule has 0 aliphatic rings. The van der Waals surface area contributed by atoms with Gasteiger partial charge < -0.3 is 0 Å². The van der Waals surface area contributed by atoms with Crippen LogP contribution in [0.15, 0.2) is 0 Å². The smallest absolute Gasteiger partial charge is 0.234 e. The topological polar surface area (TPSA) is 29.1 Å². The van der Waals surface area contributed by atoms with Crippen molar-refractivity contribution in [1.29, 1.82) is 0 Å². The fourth-order valence-electron chi connectivity index (χ4n) is 1.34. The van der Waals surface area contributed by atoms with Gasteiger partial charge in [0.15, 0.2) is 0 Å². The van der Waals surface area contributed by atoms with Gasteiger partial charge in [0, 0.05) is 10.2 Å². The van der Waals surface area contributed by atoms with Gasteiger partial charge in [0.05, 0.1) is 22.9 Å². The second kappa shape index (κ2) is 4.87. The van der Waals surface area contributed by atoms with Crippen LogP contribution >= 0.6 is 34.6 Å².